The molecular formula is C19H19NO4. The average Bonchev–Trinajstić information content (AvgIpc) is 2.61. The minimum absolute atomic E-state index is 0.0821. The number of nitrogens with one attached hydrogen (secondary N) is 1. The van der Waals surface area contributed by atoms with Crippen LogP contribution < -0.4 is 5.32 Å². The van der Waals surface area contributed by atoms with Crippen LogP contribution in [0.1, 0.15) is 12.5 Å². The van der Waals surface area contributed by atoms with Gasteiger partial charge in [-0.2, -0.15) is 0 Å². The second-order valence-electron chi connectivity index (χ2n) is 5.04. The molecule has 0 heterocycles. The van der Waals surface area contributed by atoms with Crippen LogP contribution in [-0.4, -0.2) is 19.0 Å². The standard InChI is InChI=1S/C19H19NO4/c1-14(20-16-11-7-4-8-12-16)17(18(21)23-2)19(22)24-13-15-9-5-3-6-10-15/h3-12,20H,13H2,1-2H3/b17-14+. The highest BCUT2D eigenvalue weighted by Crippen LogP contribution is 2.15. The molecule has 2 rings (SSSR count). The Morgan fingerprint density at radius 3 is 2.08 bits per heavy atom. The largest absolute Gasteiger partial charge is 0.465 e. The van der Waals surface area contributed by atoms with Crippen LogP contribution in [0, 0.1) is 0 Å². The van der Waals surface area contributed by atoms with E-state index in [1.807, 2.05) is 60.7 Å². The maximum Gasteiger partial charge on any atom is 0.347 e. The number of allylic oxidation sites excluding steroid dienone is 1. The molecular weight excluding hydrogens is 306 g/mol. The van der Waals surface area contributed by atoms with Gasteiger partial charge in [-0.15, -0.1) is 0 Å². The van der Waals surface area contributed by atoms with Crippen molar-refractivity contribution in [3.05, 3.63) is 77.5 Å². The number of ether oxygens (including phenoxy) is 2. The van der Waals surface area contributed by atoms with Gasteiger partial charge in [0, 0.05) is 11.4 Å². The summed E-state index contributed by atoms with van der Waals surface area (Å²) in [6, 6.07) is 18.5. The van der Waals surface area contributed by atoms with Gasteiger partial charge in [-0.25, -0.2) is 9.59 Å². The molecule has 5 heteroatoms. The lowest BCUT2D eigenvalue weighted by molar-refractivity contribution is -0.146. The number of benzene rings is 2. The van der Waals surface area contributed by atoms with Gasteiger partial charge in [0.05, 0.1) is 7.11 Å². The van der Waals surface area contributed by atoms with Crippen molar-refractivity contribution >= 4 is 17.6 Å². The van der Waals surface area contributed by atoms with Gasteiger partial charge in [-0.3, -0.25) is 0 Å². The molecule has 0 radical (unpaired) electrons. The van der Waals surface area contributed by atoms with Crippen molar-refractivity contribution in [2.24, 2.45) is 0 Å². The first-order valence-corrected chi connectivity index (χ1v) is 7.44. The lowest BCUT2D eigenvalue weighted by Gasteiger charge is -2.12. The van der Waals surface area contributed by atoms with Crippen LogP contribution in [0.15, 0.2) is 71.9 Å². The second kappa shape index (κ2) is 8.53. The Morgan fingerprint density at radius 2 is 1.50 bits per heavy atom. The molecule has 0 saturated heterocycles. The Hall–Kier alpha value is -3.08. The van der Waals surface area contributed by atoms with Crippen LogP contribution in [0.4, 0.5) is 5.69 Å². The van der Waals surface area contributed by atoms with Crippen LogP contribution in [0.5, 0.6) is 0 Å². The van der Waals surface area contributed by atoms with Crippen molar-refractivity contribution in [1.82, 2.24) is 0 Å². The summed E-state index contributed by atoms with van der Waals surface area (Å²) in [5.41, 5.74) is 1.80. The molecule has 0 aliphatic carbocycles. The fourth-order valence-corrected chi connectivity index (χ4v) is 2.09. The average molecular weight is 325 g/mol. The number of para-hydroxylation sites is 1. The predicted molar refractivity (Wildman–Crippen MR) is 91.0 cm³/mol. The number of anilines is 1. The number of hydrogen-bond acceptors (Lipinski definition) is 5. The van der Waals surface area contributed by atoms with Crippen molar-refractivity contribution in [2.45, 2.75) is 13.5 Å². The smallest absolute Gasteiger partial charge is 0.347 e. The normalized spacial score (nSPS) is 11.2. The molecule has 24 heavy (non-hydrogen) atoms. The van der Waals surface area contributed by atoms with Crippen molar-refractivity contribution in [3.8, 4) is 0 Å². The van der Waals surface area contributed by atoms with E-state index in [9.17, 15) is 9.59 Å². The minimum atomic E-state index is -0.742. The van der Waals surface area contributed by atoms with Gasteiger partial charge in [0.2, 0.25) is 0 Å². The monoisotopic (exact) mass is 325 g/mol. The van der Waals surface area contributed by atoms with E-state index in [0.717, 1.165) is 11.3 Å². The third kappa shape index (κ3) is 4.71. The number of carbonyl (C=O) groups is 2. The van der Waals surface area contributed by atoms with E-state index in [1.54, 1.807) is 6.92 Å². The van der Waals surface area contributed by atoms with E-state index in [4.69, 9.17) is 9.47 Å². The zero-order valence-corrected chi connectivity index (χ0v) is 13.6. The number of rotatable bonds is 6. The molecule has 0 unspecified atom stereocenters. The quantitative estimate of drug-likeness (QED) is 0.382. The summed E-state index contributed by atoms with van der Waals surface area (Å²) in [6.45, 7) is 1.71. The van der Waals surface area contributed by atoms with Crippen molar-refractivity contribution < 1.29 is 19.1 Å². The highest BCUT2D eigenvalue weighted by atomic mass is 16.5. The number of hydrogen-bond donors (Lipinski definition) is 1. The van der Waals surface area contributed by atoms with E-state index < -0.39 is 11.9 Å². The topological polar surface area (TPSA) is 64.6 Å². The fourth-order valence-electron chi connectivity index (χ4n) is 2.09. The van der Waals surface area contributed by atoms with Gasteiger partial charge >= 0.3 is 11.9 Å². The molecule has 0 amide bonds. The fraction of sp³-hybridized carbons (Fsp3) is 0.158. The van der Waals surface area contributed by atoms with Crippen LogP contribution in [0.25, 0.3) is 0 Å². The first kappa shape index (κ1) is 17.3. The molecule has 0 aliphatic rings. The Morgan fingerprint density at radius 1 is 0.917 bits per heavy atom. The van der Waals surface area contributed by atoms with Crippen LogP contribution >= 0.6 is 0 Å². The maximum atomic E-state index is 12.3. The molecule has 0 saturated carbocycles. The van der Waals surface area contributed by atoms with Crippen LogP contribution in [-0.2, 0) is 25.7 Å². The molecule has 2 aromatic carbocycles. The van der Waals surface area contributed by atoms with Gasteiger partial charge in [-0.1, -0.05) is 48.5 Å². The Bertz CT molecular complexity index is 724. The molecule has 0 aliphatic heterocycles. The number of esters is 2. The SMILES string of the molecule is COC(=O)/C(C(=O)OCc1ccccc1)=C(/C)Nc1ccccc1. The summed E-state index contributed by atoms with van der Waals surface area (Å²) < 4.78 is 9.94. The Balaban J connectivity index is 2.16. The minimum Gasteiger partial charge on any atom is -0.465 e. The predicted octanol–water partition coefficient (Wildman–Crippen LogP) is 3.29. The molecule has 0 spiro atoms. The lowest BCUT2D eigenvalue weighted by atomic mass is 10.2. The third-order valence-electron chi connectivity index (χ3n) is 3.29. The van der Waals surface area contributed by atoms with E-state index in [2.05, 4.69) is 5.32 Å². The summed E-state index contributed by atoms with van der Waals surface area (Å²) >= 11 is 0. The van der Waals surface area contributed by atoms with Crippen LogP contribution in [0.2, 0.25) is 0 Å². The second-order valence-corrected chi connectivity index (χ2v) is 5.04. The summed E-state index contributed by atoms with van der Waals surface area (Å²) in [6.07, 6.45) is 0. The zero-order valence-electron chi connectivity index (χ0n) is 13.6. The summed E-state index contributed by atoms with van der Waals surface area (Å²) in [5.74, 6) is -1.47. The summed E-state index contributed by atoms with van der Waals surface area (Å²) in [5, 5.41) is 3.01. The molecule has 124 valence electrons. The molecule has 1 N–H and O–H groups in total. The highest BCUT2D eigenvalue weighted by Gasteiger charge is 2.24. The van der Waals surface area contributed by atoms with Gasteiger partial charge in [0.15, 0.2) is 5.57 Å². The van der Waals surface area contributed by atoms with Gasteiger partial charge < -0.3 is 14.8 Å². The van der Waals surface area contributed by atoms with Gasteiger partial charge in [0.25, 0.3) is 0 Å². The Kier molecular flexibility index (Phi) is 6.14. The molecule has 0 aromatic heterocycles. The molecule has 0 atom stereocenters. The molecule has 0 fully saturated rings. The molecule has 0 bridgehead atoms. The van der Waals surface area contributed by atoms with Crippen molar-refractivity contribution in [3.63, 3.8) is 0 Å². The van der Waals surface area contributed by atoms with Gasteiger partial charge in [0.1, 0.15) is 6.61 Å². The maximum absolute atomic E-state index is 12.3. The molecule has 5 nitrogen and oxygen atoms in total. The Labute approximate surface area is 140 Å². The first-order chi connectivity index (χ1) is 11.6. The van der Waals surface area contributed by atoms with Crippen molar-refractivity contribution in [2.75, 3.05) is 12.4 Å². The zero-order chi connectivity index (χ0) is 17.4. The number of methoxy groups -OCH3 is 1. The highest BCUT2D eigenvalue weighted by molar-refractivity contribution is 6.15. The first-order valence-electron chi connectivity index (χ1n) is 7.44. The summed E-state index contributed by atoms with van der Waals surface area (Å²) in [7, 11) is 1.22. The van der Waals surface area contributed by atoms with Crippen LogP contribution in [0.3, 0.4) is 0 Å². The van der Waals surface area contributed by atoms with E-state index >= 15 is 0 Å². The lowest BCUT2D eigenvalue weighted by Crippen LogP contribution is -2.21. The van der Waals surface area contributed by atoms with E-state index in [-0.39, 0.29) is 12.2 Å². The summed E-state index contributed by atoms with van der Waals surface area (Å²) in [4.78, 5) is 24.3. The van der Waals surface area contributed by atoms with Crippen molar-refractivity contribution in [1.29, 1.82) is 0 Å². The molecule has 2 aromatic rings. The van der Waals surface area contributed by atoms with E-state index in [1.165, 1.54) is 7.11 Å². The number of carbonyl (C=O) groups excluding carboxylic acids is 2. The van der Waals surface area contributed by atoms with Gasteiger partial charge in [-0.05, 0) is 24.6 Å². The third-order valence-corrected chi connectivity index (χ3v) is 3.29. The van der Waals surface area contributed by atoms with E-state index in [0.29, 0.717) is 5.70 Å².